The Morgan fingerprint density at radius 1 is 0.346 bits per heavy atom. The van der Waals surface area contributed by atoms with Crippen molar-refractivity contribution in [1.29, 1.82) is 0 Å². The molecule has 0 radical (unpaired) electrons. The quantitative estimate of drug-likeness (QED) is 0.172. The van der Waals surface area contributed by atoms with Crippen LogP contribution in [-0.2, 0) is 0 Å². The molecule has 0 atom stereocenters. The molecule has 52 heavy (non-hydrogen) atoms. The number of rotatable bonds is 6. The third kappa shape index (κ3) is 5.04. The van der Waals surface area contributed by atoms with E-state index in [4.69, 9.17) is 0 Å². The van der Waals surface area contributed by atoms with E-state index < -0.39 is 0 Å². The van der Waals surface area contributed by atoms with Crippen LogP contribution in [0.25, 0.3) is 71.3 Å². The van der Waals surface area contributed by atoms with E-state index in [2.05, 4.69) is 216 Å². The van der Waals surface area contributed by atoms with Crippen LogP contribution in [0.4, 0.5) is 17.1 Å². The minimum Gasteiger partial charge on any atom is -0.310 e. The van der Waals surface area contributed by atoms with Gasteiger partial charge in [0.05, 0.1) is 11.0 Å². The zero-order valence-corrected chi connectivity index (χ0v) is 28.5. The van der Waals surface area contributed by atoms with Crippen molar-refractivity contribution in [2.24, 2.45) is 0 Å². The van der Waals surface area contributed by atoms with Gasteiger partial charge in [-0.2, -0.15) is 0 Å². The van der Waals surface area contributed by atoms with E-state index in [0.717, 1.165) is 22.7 Å². The standard InChI is InChI=1S/C50H34N2/c1-3-15-35(16-4-1)38-20-13-24-42(31-38)51(44-30-29-36-17-7-8-18-37(36)32-44)43-25-14-21-39(33-43)47-34-40-19-9-10-26-45(40)50-49(47)46-27-11-12-28-48(46)52(50)41-22-5-2-6-23-41/h1-34H. The van der Waals surface area contributed by atoms with Crippen LogP contribution < -0.4 is 4.90 Å². The predicted molar refractivity (Wildman–Crippen MR) is 221 cm³/mol. The fourth-order valence-corrected chi connectivity index (χ4v) is 7.94. The molecular formula is C50H34N2. The first-order valence-corrected chi connectivity index (χ1v) is 17.9. The number of anilines is 3. The van der Waals surface area contributed by atoms with Crippen LogP contribution in [0.2, 0.25) is 0 Å². The lowest BCUT2D eigenvalue weighted by Crippen LogP contribution is -2.10. The summed E-state index contributed by atoms with van der Waals surface area (Å²) in [6, 6.07) is 74.7. The summed E-state index contributed by atoms with van der Waals surface area (Å²) in [5.74, 6) is 0. The van der Waals surface area contributed by atoms with Crippen molar-refractivity contribution < 1.29 is 0 Å². The van der Waals surface area contributed by atoms with Gasteiger partial charge in [0, 0.05) is 38.9 Å². The second-order valence-corrected chi connectivity index (χ2v) is 13.4. The molecule has 0 saturated carbocycles. The van der Waals surface area contributed by atoms with Gasteiger partial charge in [0.2, 0.25) is 0 Å². The first-order chi connectivity index (χ1) is 25.8. The lowest BCUT2D eigenvalue weighted by Gasteiger charge is -2.27. The molecule has 10 aromatic rings. The first kappa shape index (κ1) is 30.0. The first-order valence-electron chi connectivity index (χ1n) is 17.9. The Bertz CT molecular complexity index is 2900. The zero-order valence-electron chi connectivity index (χ0n) is 28.5. The highest BCUT2D eigenvalue weighted by Gasteiger charge is 2.21. The van der Waals surface area contributed by atoms with E-state index in [9.17, 15) is 0 Å². The number of benzene rings is 9. The monoisotopic (exact) mass is 662 g/mol. The zero-order chi connectivity index (χ0) is 34.4. The molecule has 0 N–H and O–H groups in total. The smallest absolute Gasteiger partial charge is 0.0625 e. The van der Waals surface area contributed by atoms with Gasteiger partial charge in [-0.05, 0) is 99.1 Å². The third-order valence-corrected chi connectivity index (χ3v) is 10.3. The molecule has 0 saturated heterocycles. The van der Waals surface area contributed by atoms with E-state index in [-0.39, 0.29) is 0 Å². The molecule has 0 bridgehead atoms. The highest BCUT2D eigenvalue weighted by Crippen LogP contribution is 2.45. The molecule has 0 fully saturated rings. The van der Waals surface area contributed by atoms with Gasteiger partial charge >= 0.3 is 0 Å². The fraction of sp³-hybridized carbons (Fsp3) is 0. The van der Waals surface area contributed by atoms with E-state index in [1.54, 1.807) is 0 Å². The summed E-state index contributed by atoms with van der Waals surface area (Å²) in [6.07, 6.45) is 0. The molecule has 1 aromatic heterocycles. The minimum atomic E-state index is 1.10. The molecule has 0 unspecified atom stereocenters. The van der Waals surface area contributed by atoms with Gasteiger partial charge in [-0.15, -0.1) is 0 Å². The summed E-state index contributed by atoms with van der Waals surface area (Å²) in [7, 11) is 0. The number of nitrogens with zero attached hydrogens (tertiary/aromatic N) is 2. The van der Waals surface area contributed by atoms with Crippen molar-refractivity contribution in [3.63, 3.8) is 0 Å². The Morgan fingerprint density at radius 3 is 1.71 bits per heavy atom. The van der Waals surface area contributed by atoms with Gasteiger partial charge in [-0.25, -0.2) is 0 Å². The van der Waals surface area contributed by atoms with E-state index in [1.807, 2.05) is 0 Å². The molecule has 0 spiro atoms. The van der Waals surface area contributed by atoms with Crippen LogP contribution in [0.15, 0.2) is 206 Å². The molecule has 10 rings (SSSR count). The van der Waals surface area contributed by atoms with Crippen molar-refractivity contribution in [3.8, 4) is 27.9 Å². The van der Waals surface area contributed by atoms with Crippen molar-refractivity contribution in [1.82, 2.24) is 4.57 Å². The summed E-state index contributed by atoms with van der Waals surface area (Å²) in [5.41, 5.74) is 11.7. The molecule has 0 aliphatic heterocycles. The van der Waals surface area contributed by atoms with E-state index >= 15 is 0 Å². The van der Waals surface area contributed by atoms with Crippen molar-refractivity contribution >= 4 is 60.4 Å². The number of aromatic nitrogens is 1. The summed E-state index contributed by atoms with van der Waals surface area (Å²) < 4.78 is 2.44. The molecule has 0 amide bonds. The van der Waals surface area contributed by atoms with Crippen LogP contribution in [0.3, 0.4) is 0 Å². The summed E-state index contributed by atoms with van der Waals surface area (Å²) >= 11 is 0. The Morgan fingerprint density at radius 2 is 0.923 bits per heavy atom. The Kier molecular flexibility index (Phi) is 7.18. The highest BCUT2D eigenvalue weighted by molar-refractivity contribution is 6.24. The number of hydrogen-bond acceptors (Lipinski definition) is 1. The molecule has 2 heteroatoms. The molecule has 2 nitrogen and oxygen atoms in total. The largest absolute Gasteiger partial charge is 0.310 e. The maximum atomic E-state index is 2.44. The van der Waals surface area contributed by atoms with Gasteiger partial charge in [0.25, 0.3) is 0 Å². The summed E-state index contributed by atoms with van der Waals surface area (Å²) in [6.45, 7) is 0. The van der Waals surface area contributed by atoms with Crippen molar-refractivity contribution in [2.75, 3.05) is 4.90 Å². The molecule has 0 aliphatic rings. The Hall–Kier alpha value is -6.90. The van der Waals surface area contributed by atoms with Crippen molar-refractivity contribution in [3.05, 3.63) is 206 Å². The van der Waals surface area contributed by atoms with E-state index in [1.165, 1.54) is 65.6 Å². The summed E-state index contributed by atoms with van der Waals surface area (Å²) in [5, 5.41) is 7.41. The second kappa shape index (κ2) is 12.5. The number of hydrogen-bond donors (Lipinski definition) is 0. The lowest BCUT2D eigenvalue weighted by atomic mass is 9.94. The highest BCUT2D eigenvalue weighted by atomic mass is 15.1. The van der Waals surface area contributed by atoms with Crippen LogP contribution in [0.5, 0.6) is 0 Å². The van der Waals surface area contributed by atoms with Crippen molar-refractivity contribution in [2.45, 2.75) is 0 Å². The third-order valence-electron chi connectivity index (χ3n) is 10.3. The molecule has 9 aromatic carbocycles. The molecule has 1 heterocycles. The second-order valence-electron chi connectivity index (χ2n) is 13.4. The van der Waals surface area contributed by atoms with Crippen LogP contribution in [0.1, 0.15) is 0 Å². The lowest BCUT2D eigenvalue weighted by molar-refractivity contribution is 1.19. The normalized spacial score (nSPS) is 11.5. The minimum absolute atomic E-state index is 1.10. The Balaban J connectivity index is 1.23. The molecular weight excluding hydrogens is 629 g/mol. The predicted octanol–water partition coefficient (Wildman–Crippen LogP) is 13.9. The molecule has 0 aliphatic carbocycles. The van der Waals surface area contributed by atoms with Gasteiger partial charge < -0.3 is 9.47 Å². The van der Waals surface area contributed by atoms with Crippen LogP contribution in [-0.4, -0.2) is 4.57 Å². The number of para-hydroxylation sites is 2. The average molecular weight is 663 g/mol. The Labute approximate surface area is 303 Å². The maximum absolute atomic E-state index is 2.44. The van der Waals surface area contributed by atoms with E-state index in [0.29, 0.717) is 0 Å². The maximum Gasteiger partial charge on any atom is 0.0625 e. The molecule has 244 valence electrons. The average Bonchev–Trinajstić information content (AvgIpc) is 3.57. The fourth-order valence-electron chi connectivity index (χ4n) is 7.94. The van der Waals surface area contributed by atoms with Crippen LogP contribution in [0, 0.1) is 0 Å². The topological polar surface area (TPSA) is 8.17 Å². The summed E-state index contributed by atoms with van der Waals surface area (Å²) in [4.78, 5) is 2.40. The van der Waals surface area contributed by atoms with Gasteiger partial charge in [-0.3, -0.25) is 0 Å². The number of fused-ring (bicyclic) bond motifs is 6. The van der Waals surface area contributed by atoms with Gasteiger partial charge in [0.15, 0.2) is 0 Å². The SMILES string of the molecule is c1ccc(-c2cccc(N(c3cccc(-c4cc5ccccc5c5c4c4ccccc4n5-c4ccccc4)c3)c3ccc4ccccc4c3)c2)cc1. The van der Waals surface area contributed by atoms with Gasteiger partial charge in [0.1, 0.15) is 0 Å². The van der Waals surface area contributed by atoms with Crippen LogP contribution >= 0.6 is 0 Å². The van der Waals surface area contributed by atoms with Gasteiger partial charge in [-0.1, -0.05) is 146 Å².